The lowest BCUT2D eigenvalue weighted by Gasteiger charge is -2.23. The van der Waals surface area contributed by atoms with Gasteiger partial charge in [0.2, 0.25) is 5.91 Å². The van der Waals surface area contributed by atoms with E-state index >= 15 is 0 Å². The Hall–Kier alpha value is -0.280. The van der Waals surface area contributed by atoms with Crippen LogP contribution in [0.3, 0.4) is 0 Å². The van der Waals surface area contributed by atoms with Crippen LogP contribution in [-0.4, -0.2) is 29.9 Å². The summed E-state index contributed by atoms with van der Waals surface area (Å²) in [7, 11) is 0. The number of fused-ring (bicyclic) bond motifs is 1. The van der Waals surface area contributed by atoms with Crippen molar-refractivity contribution < 1.29 is 4.79 Å². The molecule has 1 saturated carbocycles. The number of halogens is 1. The fourth-order valence-electron chi connectivity index (χ4n) is 2.93. The number of nitrogens with zero attached hydrogens (tertiary/aromatic N) is 1. The van der Waals surface area contributed by atoms with Crippen molar-refractivity contribution in [3.8, 4) is 0 Å². The van der Waals surface area contributed by atoms with Gasteiger partial charge in [-0.1, -0.05) is 13.3 Å². The summed E-state index contributed by atoms with van der Waals surface area (Å²) in [5, 5.41) is 0. The van der Waals surface area contributed by atoms with Gasteiger partial charge < -0.3 is 10.6 Å². The minimum atomic E-state index is -0.0297. The number of nitrogens with two attached hydrogens (primary N) is 1. The minimum Gasteiger partial charge on any atom is -0.342 e. The summed E-state index contributed by atoms with van der Waals surface area (Å²) in [6.07, 6.45) is 4.00. The first-order valence-corrected chi connectivity index (χ1v) is 6.14. The van der Waals surface area contributed by atoms with E-state index in [-0.39, 0.29) is 30.3 Å². The van der Waals surface area contributed by atoms with Crippen molar-refractivity contribution in [1.29, 1.82) is 0 Å². The number of rotatable bonds is 2. The average molecular weight is 247 g/mol. The number of carbonyl (C=O) groups excluding carboxylic acids is 1. The molecule has 1 saturated heterocycles. The standard InChI is InChI=1S/C12H22N2O.ClH/c1-8(9(2)13)12(15)14-6-10-4-3-5-11(10)7-14;/h8-11H,3-7,13H2,1-2H3;1H. The molecule has 1 aliphatic heterocycles. The molecule has 0 aromatic carbocycles. The van der Waals surface area contributed by atoms with Gasteiger partial charge in [0.15, 0.2) is 0 Å². The van der Waals surface area contributed by atoms with Crippen molar-refractivity contribution in [3.05, 3.63) is 0 Å². The molecular weight excluding hydrogens is 224 g/mol. The fraction of sp³-hybridized carbons (Fsp3) is 0.917. The third-order valence-corrected chi connectivity index (χ3v) is 4.22. The van der Waals surface area contributed by atoms with Crippen LogP contribution in [-0.2, 0) is 4.79 Å². The third kappa shape index (κ3) is 2.51. The maximum atomic E-state index is 12.1. The summed E-state index contributed by atoms with van der Waals surface area (Å²) in [5.41, 5.74) is 5.77. The minimum absolute atomic E-state index is 0. The van der Waals surface area contributed by atoms with Crippen LogP contribution in [0.25, 0.3) is 0 Å². The Labute approximate surface area is 104 Å². The molecule has 0 aromatic rings. The van der Waals surface area contributed by atoms with E-state index in [1.807, 2.05) is 18.7 Å². The second-order valence-corrected chi connectivity index (χ2v) is 5.34. The molecule has 4 unspecified atom stereocenters. The molecule has 94 valence electrons. The van der Waals surface area contributed by atoms with Crippen LogP contribution in [0.4, 0.5) is 0 Å². The molecule has 0 bridgehead atoms. The van der Waals surface area contributed by atoms with Crippen LogP contribution in [0.15, 0.2) is 0 Å². The first-order chi connectivity index (χ1) is 7.09. The van der Waals surface area contributed by atoms with Crippen LogP contribution in [0.2, 0.25) is 0 Å². The van der Waals surface area contributed by atoms with E-state index in [1.165, 1.54) is 19.3 Å². The fourth-order valence-corrected chi connectivity index (χ4v) is 2.93. The Bertz CT molecular complexity index is 245. The Morgan fingerprint density at radius 3 is 2.19 bits per heavy atom. The zero-order chi connectivity index (χ0) is 11.0. The third-order valence-electron chi connectivity index (χ3n) is 4.22. The quantitative estimate of drug-likeness (QED) is 0.806. The van der Waals surface area contributed by atoms with Gasteiger partial charge in [-0.15, -0.1) is 12.4 Å². The van der Waals surface area contributed by atoms with Gasteiger partial charge in [0.05, 0.1) is 5.92 Å². The van der Waals surface area contributed by atoms with Crippen LogP contribution in [0, 0.1) is 17.8 Å². The number of hydrogen-bond acceptors (Lipinski definition) is 2. The van der Waals surface area contributed by atoms with Gasteiger partial charge in [0, 0.05) is 19.1 Å². The van der Waals surface area contributed by atoms with Crippen molar-refractivity contribution in [2.24, 2.45) is 23.5 Å². The number of likely N-dealkylation sites (tertiary alicyclic amines) is 1. The van der Waals surface area contributed by atoms with Gasteiger partial charge in [0.25, 0.3) is 0 Å². The van der Waals surface area contributed by atoms with Crippen LogP contribution >= 0.6 is 12.4 Å². The number of carbonyl (C=O) groups is 1. The first-order valence-electron chi connectivity index (χ1n) is 6.14. The molecule has 4 heteroatoms. The van der Waals surface area contributed by atoms with Gasteiger partial charge in [0.1, 0.15) is 0 Å². The lowest BCUT2D eigenvalue weighted by molar-refractivity contribution is -0.134. The van der Waals surface area contributed by atoms with Crippen molar-refractivity contribution in [2.75, 3.05) is 13.1 Å². The van der Waals surface area contributed by atoms with E-state index in [0.29, 0.717) is 0 Å². The summed E-state index contributed by atoms with van der Waals surface area (Å²) in [4.78, 5) is 14.1. The normalized spacial score (nSPS) is 31.8. The van der Waals surface area contributed by atoms with Gasteiger partial charge in [-0.25, -0.2) is 0 Å². The monoisotopic (exact) mass is 246 g/mol. The van der Waals surface area contributed by atoms with Crippen molar-refractivity contribution in [3.63, 3.8) is 0 Å². The van der Waals surface area contributed by atoms with Gasteiger partial charge in [-0.3, -0.25) is 4.79 Å². The average Bonchev–Trinajstić information content (AvgIpc) is 2.74. The molecule has 1 heterocycles. The smallest absolute Gasteiger partial charge is 0.226 e. The van der Waals surface area contributed by atoms with Crippen molar-refractivity contribution in [1.82, 2.24) is 4.90 Å². The zero-order valence-electron chi connectivity index (χ0n) is 10.2. The molecule has 2 aliphatic rings. The Balaban J connectivity index is 0.00000128. The molecule has 2 fully saturated rings. The first kappa shape index (κ1) is 13.8. The van der Waals surface area contributed by atoms with Crippen molar-refractivity contribution >= 4 is 18.3 Å². The molecule has 3 nitrogen and oxygen atoms in total. The highest BCUT2D eigenvalue weighted by atomic mass is 35.5. The molecule has 2 rings (SSSR count). The summed E-state index contributed by atoms with van der Waals surface area (Å²) in [6, 6.07) is -0.0297. The predicted molar refractivity (Wildman–Crippen MR) is 67.5 cm³/mol. The van der Waals surface area contributed by atoms with E-state index in [9.17, 15) is 4.79 Å². The molecule has 2 N–H and O–H groups in total. The maximum Gasteiger partial charge on any atom is 0.226 e. The Kier molecular flexibility index (Phi) is 4.62. The van der Waals surface area contributed by atoms with Crippen molar-refractivity contribution in [2.45, 2.75) is 39.2 Å². The van der Waals surface area contributed by atoms with Crippen LogP contribution in [0.5, 0.6) is 0 Å². The topological polar surface area (TPSA) is 46.3 Å². The molecule has 1 amide bonds. The second-order valence-electron chi connectivity index (χ2n) is 5.34. The SMILES string of the molecule is CC(N)C(C)C(=O)N1CC2CCCC2C1.Cl. The van der Waals surface area contributed by atoms with Gasteiger partial charge >= 0.3 is 0 Å². The molecule has 4 atom stereocenters. The van der Waals surface area contributed by atoms with Gasteiger partial charge in [-0.2, -0.15) is 0 Å². The largest absolute Gasteiger partial charge is 0.342 e. The zero-order valence-corrected chi connectivity index (χ0v) is 11.0. The van der Waals surface area contributed by atoms with E-state index < -0.39 is 0 Å². The highest BCUT2D eigenvalue weighted by Crippen LogP contribution is 2.38. The summed E-state index contributed by atoms with van der Waals surface area (Å²) < 4.78 is 0. The van der Waals surface area contributed by atoms with E-state index in [0.717, 1.165) is 24.9 Å². The number of amides is 1. The molecule has 1 aliphatic carbocycles. The summed E-state index contributed by atoms with van der Waals surface area (Å²) in [5.74, 6) is 1.81. The molecule has 0 aromatic heterocycles. The molecule has 16 heavy (non-hydrogen) atoms. The lowest BCUT2D eigenvalue weighted by atomic mass is 10.0. The molecule has 0 radical (unpaired) electrons. The van der Waals surface area contributed by atoms with E-state index in [1.54, 1.807) is 0 Å². The number of hydrogen-bond donors (Lipinski definition) is 1. The van der Waals surface area contributed by atoms with E-state index in [4.69, 9.17) is 5.73 Å². The van der Waals surface area contributed by atoms with Crippen LogP contribution in [0.1, 0.15) is 33.1 Å². The molecule has 0 spiro atoms. The molecular formula is C12H23ClN2O. The van der Waals surface area contributed by atoms with Crippen LogP contribution < -0.4 is 5.73 Å². The van der Waals surface area contributed by atoms with Gasteiger partial charge in [-0.05, 0) is 31.6 Å². The highest BCUT2D eigenvalue weighted by Gasteiger charge is 2.39. The Morgan fingerprint density at radius 1 is 1.25 bits per heavy atom. The van der Waals surface area contributed by atoms with E-state index in [2.05, 4.69) is 0 Å². The maximum absolute atomic E-state index is 12.1. The summed E-state index contributed by atoms with van der Waals surface area (Å²) >= 11 is 0. The Morgan fingerprint density at radius 2 is 1.75 bits per heavy atom. The second kappa shape index (κ2) is 5.37. The lowest BCUT2D eigenvalue weighted by Crippen LogP contribution is -2.41. The predicted octanol–water partition coefficient (Wildman–Crippen LogP) is 1.65. The highest BCUT2D eigenvalue weighted by molar-refractivity contribution is 5.85. The summed E-state index contributed by atoms with van der Waals surface area (Å²) in [6.45, 7) is 5.84.